The Bertz CT molecular complexity index is 249. The summed E-state index contributed by atoms with van der Waals surface area (Å²) in [6, 6.07) is 0. The average molecular weight is 182 g/mol. The lowest BCUT2D eigenvalue weighted by molar-refractivity contribution is -0.316. The Balaban J connectivity index is 1.96. The van der Waals surface area contributed by atoms with Gasteiger partial charge in [0.05, 0.1) is 11.2 Å². The number of hydrogen-bond acceptors (Lipinski definition) is 2. The fourth-order valence-corrected chi connectivity index (χ4v) is 4.91. The van der Waals surface area contributed by atoms with E-state index in [1.165, 1.54) is 6.42 Å². The molecule has 2 nitrogen and oxygen atoms in total. The van der Waals surface area contributed by atoms with Gasteiger partial charge in [-0.2, -0.15) is 0 Å². The van der Waals surface area contributed by atoms with Crippen molar-refractivity contribution in [1.29, 1.82) is 0 Å². The van der Waals surface area contributed by atoms with E-state index in [4.69, 9.17) is 0 Å². The smallest absolute Gasteiger partial charge is 0.0713 e. The molecule has 3 aliphatic carbocycles. The van der Waals surface area contributed by atoms with Gasteiger partial charge >= 0.3 is 0 Å². The maximum atomic E-state index is 10.3. The van der Waals surface area contributed by atoms with Gasteiger partial charge in [-0.1, -0.05) is 6.92 Å². The van der Waals surface area contributed by atoms with E-state index in [0.717, 1.165) is 18.8 Å². The monoisotopic (exact) mass is 182 g/mol. The zero-order chi connectivity index (χ0) is 9.48. The van der Waals surface area contributed by atoms with Gasteiger partial charge in [0.15, 0.2) is 0 Å². The maximum Gasteiger partial charge on any atom is 0.0713 e. The summed E-state index contributed by atoms with van der Waals surface area (Å²) in [6.45, 7) is 4.10. The molecule has 3 saturated carbocycles. The van der Waals surface area contributed by atoms with Gasteiger partial charge in [0.1, 0.15) is 0 Å². The minimum Gasteiger partial charge on any atom is -0.390 e. The predicted molar refractivity (Wildman–Crippen MR) is 49.1 cm³/mol. The first-order valence-corrected chi connectivity index (χ1v) is 5.30. The molecule has 3 rings (SSSR count). The van der Waals surface area contributed by atoms with Crippen LogP contribution in [-0.4, -0.2) is 21.4 Å². The van der Waals surface area contributed by atoms with Crippen LogP contribution in [0.15, 0.2) is 0 Å². The van der Waals surface area contributed by atoms with Crippen LogP contribution in [0, 0.1) is 17.3 Å². The minimum absolute atomic E-state index is 0.236. The van der Waals surface area contributed by atoms with Gasteiger partial charge in [0, 0.05) is 6.42 Å². The highest BCUT2D eigenvalue weighted by Crippen LogP contribution is 2.73. The number of rotatable bonds is 0. The summed E-state index contributed by atoms with van der Waals surface area (Å²) in [5.74, 6) is 1.27. The number of aliphatic hydroxyl groups is 2. The molecule has 5 unspecified atom stereocenters. The maximum absolute atomic E-state index is 10.3. The molecular weight excluding hydrogens is 164 g/mol. The second kappa shape index (κ2) is 1.82. The molecule has 0 aromatic heterocycles. The second-order valence-electron chi connectivity index (χ2n) is 6.25. The molecule has 2 heteroatoms. The van der Waals surface area contributed by atoms with Gasteiger partial charge in [0.25, 0.3) is 0 Å². The van der Waals surface area contributed by atoms with Crippen LogP contribution in [0.25, 0.3) is 0 Å². The Kier molecular flexibility index (Phi) is 1.16. The van der Waals surface area contributed by atoms with E-state index in [0.29, 0.717) is 12.3 Å². The highest BCUT2D eigenvalue weighted by molar-refractivity contribution is 5.22. The topological polar surface area (TPSA) is 40.5 Å². The van der Waals surface area contributed by atoms with Crippen molar-refractivity contribution in [2.75, 3.05) is 0 Å². The van der Waals surface area contributed by atoms with Crippen molar-refractivity contribution in [2.45, 2.75) is 50.7 Å². The number of hydrogen-bond donors (Lipinski definition) is 2. The van der Waals surface area contributed by atoms with E-state index in [-0.39, 0.29) is 5.41 Å². The van der Waals surface area contributed by atoms with Gasteiger partial charge in [-0.3, -0.25) is 0 Å². The standard InChI is InChI=1S/C11H18O2/c1-9-3-7-4-11(13,8(7)9)6-10(2,12)5-9/h7-8,12-13H,3-6H2,1-2H3. The lowest BCUT2D eigenvalue weighted by Gasteiger charge is -2.73. The van der Waals surface area contributed by atoms with E-state index in [2.05, 4.69) is 6.92 Å². The third kappa shape index (κ3) is 0.816. The summed E-state index contributed by atoms with van der Waals surface area (Å²) in [5.41, 5.74) is -0.912. The van der Waals surface area contributed by atoms with E-state index in [9.17, 15) is 10.2 Å². The molecule has 0 radical (unpaired) electrons. The molecule has 3 fully saturated rings. The van der Waals surface area contributed by atoms with Crippen LogP contribution >= 0.6 is 0 Å². The summed E-state index contributed by atoms with van der Waals surface area (Å²) < 4.78 is 0. The summed E-state index contributed by atoms with van der Waals surface area (Å²) in [7, 11) is 0. The Hall–Kier alpha value is -0.0800. The van der Waals surface area contributed by atoms with Crippen molar-refractivity contribution < 1.29 is 10.2 Å². The van der Waals surface area contributed by atoms with Crippen LogP contribution < -0.4 is 0 Å². The molecule has 2 N–H and O–H groups in total. The lowest BCUT2D eigenvalue weighted by atomic mass is 9.34. The van der Waals surface area contributed by atoms with Crippen LogP contribution in [0.2, 0.25) is 0 Å². The largest absolute Gasteiger partial charge is 0.390 e. The molecule has 0 amide bonds. The fourth-order valence-electron chi connectivity index (χ4n) is 4.91. The quantitative estimate of drug-likeness (QED) is 0.593. The Morgan fingerprint density at radius 3 is 2.31 bits per heavy atom. The molecular formula is C11H18O2. The third-order valence-corrected chi connectivity index (χ3v) is 4.62. The van der Waals surface area contributed by atoms with Crippen molar-refractivity contribution >= 4 is 0 Å². The van der Waals surface area contributed by atoms with Gasteiger partial charge in [-0.15, -0.1) is 0 Å². The van der Waals surface area contributed by atoms with Gasteiger partial charge < -0.3 is 10.2 Å². The molecule has 13 heavy (non-hydrogen) atoms. The second-order valence-corrected chi connectivity index (χ2v) is 6.25. The normalized spacial score (nSPS) is 69.2. The highest BCUT2D eigenvalue weighted by atomic mass is 16.3. The summed E-state index contributed by atoms with van der Waals surface area (Å²) in [6.07, 6.45) is 3.62. The predicted octanol–water partition coefficient (Wildman–Crippen LogP) is 1.31. The molecule has 0 heterocycles. The first-order chi connectivity index (χ1) is 5.85. The zero-order valence-corrected chi connectivity index (χ0v) is 8.38. The van der Waals surface area contributed by atoms with Crippen molar-refractivity contribution in [3.63, 3.8) is 0 Å². The third-order valence-electron chi connectivity index (χ3n) is 4.62. The van der Waals surface area contributed by atoms with Crippen LogP contribution in [0.1, 0.15) is 39.5 Å². The molecule has 3 aliphatic rings. The van der Waals surface area contributed by atoms with E-state index >= 15 is 0 Å². The summed E-state index contributed by atoms with van der Waals surface area (Å²) in [5, 5.41) is 20.3. The molecule has 0 aliphatic heterocycles. The highest BCUT2D eigenvalue weighted by Gasteiger charge is 2.72. The average Bonchev–Trinajstić information content (AvgIpc) is 1.75. The SMILES string of the molecule is CC1(O)CC2(C)CC3CC(O)(C1)C32. The first kappa shape index (κ1) is 8.25. The molecule has 0 spiro atoms. The van der Waals surface area contributed by atoms with E-state index in [1.807, 2.05) is 6.92 Å². The van der Waals surface area contributed by atoms with E-state index in [1.54, 1.807) is 0 Å². The fraction of sp³-hybridized carbons (Fsp3) is 1.00. The van der Waals surface area contributed by atoms with Crippen molar-refractivity contribution in [1.82, 2.24) is 0 Å². The molecule has 0 saturated heterocycles. The summed E-state index contributed by atoms with van der Waals surface area (Å²) in [4.78, 5) is 0. The zero-order valence-electron chi connectivity index (χ0n) is 8.38. The Morgan fingerprint density at radius 2 is 1.77 bits per heavy atom. The van der Waals surface area contributed by atoms with Crippen molar-refractivity contribution in [3.8, 4) is 0 Å². The van der Waals surface area contributed by atoms with Gasteiger partial charge in [-0.05, 0) is 43.4 Å². The minimum atomic E-state index is -0.634. The first-order valence-electron chi connectivity index (χ1n) is 5.30. The molecule has 0 aromatic carbocycles. The molecule has 0 bridgehead atoms. The lowest BCUT2D eigenvalue weighted by Crippen LogP contribution is -2.74. The van der Waals surface area contributed by atoms with Crippen LogP contribution in [0.5, 0.6) is 0 Å². The summed E-state index contributed by atoms with van der Waals surface area (Å²) >= 11 is 0. The Morgan fingerprint density at radius 1 is 1.08 bits per heavy atom. The van der Waals surface area contributed by atoms with Crippen molar-refractivity contribution in [3.05, 3.63) is 0 Å². The van der Waals surface area contributed by atoms with Crippen molar-refractivity contribution in [2.24, 2.45) is 17.3 Å². The molecule has 74 valence electrons. The van der Waals surface area contributed by atoms with Crippen LogP contribution in [0.3, 0.4) is 0 Å². The Labute approximate surface area is 79.0 Å². The van der Waals surface area contributed by atoms with Crippen LogP contribution in [-0.2, 0) is 0 Å². The van der Waals surface area contributed by atoms with Gasteiger partial charge in [0.2, 0.25) is 0 Å². The van der Waals surface area contributed by atoms with Gasteiger partial charge in [-0.25, -0.2) is 0 Å². The molecule has 0 aromatic rings. The van der Waals surface area contributed by atoms with Crippen LogP contribution in [0.4, 0.5) is 0 Å². The van der Waals surface area contributed by atoms with E-state index < -0.39 is 11.2 Å². The molecule has 5 atom stereocenters.